The second-order valence-corrected chi connectivity index (χ2v) is 5.02. The molecule has 0 bridgehead atoms. The number of aromatic nitrogens is 1. The first kappa shape index (κ1) is 15.2. The lowest BCUT2D eigenvalue weighted by Gasteiger charge is -2.12. The van der Waals surface area contributed by atoms with Gasteiger partial charge in [0.05, 0.1) is 26.4 Å². The van der Waals surface area contributed by atoms with Gasteiger partial charge >= 0.3 is 6.18 Å². The maximum absolute atomic E-state index is 12.7. The van der Waals surface area contributed by atoms with Crippen LogP contribution in [0, 0.1) is 0 Å². The van der Waals surface area contributed by atoms with Crippen molar-refractivity contribution in [3.63, 3.8) is 0 Å². The van der Waals surface area contributed by atoms with Gasteiger partial charge in [0.25, 0.3) is 0 Å². The summed E-state index contributed by atoms with van der Waals surface area (Å²) in [5, 5.41) is 0.216. The molecule has 1 aromatic heterocycles. The van der Waals surface area contributed by atoms with Crippen LogP contribution >= 0.6 is 34.8 Å². The van der Waals surface area contributed by atoms with Crippen LogP contribution in [0.25, 0.3) is 11.3 Å². The molecule has 1 aromatic carbocycles. The second-order valence-electron chi connectivity index (χ2n) is 3.85. The second kappa shape index (κ2) is 5.31. The lowest BCUT2D eigenvalue weighted by Crippen LogP contribution is -2.09. The first-order valence-electron chi connectivity index (χ1n) is 5.19. The largest absolute Gasteiger partial charge is 0.433 e. The Morgan fingerprint density at radius 1 is 0.950 bits per heavy atom. The van der Waals surface area contributed by atoms with Crippen LogP contribution in [0.5, 0.6) is 0 Å². The van der Waals surface area contributed by atoms with Gasteiger partial charge in [-0.05, 0) is 24.3 Å². The van der Waals surface area contributed by atoms with Crippen LogP contribution in [0.3, 0.4) is 0 Å². The van der Waals surface area contributed by atoms with Gasteiger partial charge in [-0.1, -0.05) is 34.8 Å². The topological polar surface area (TPSA) is 38.9 Å². The molecule has 0 aliphatic heterocycles. The van der Waals surface area contributed by atoms with Crippen molar-refractivity contribution in [1.82, 2.24) is 4.98 Å². The highest BCUT2D eigenvalue weighted by Gasteiger charge is 2.33. The molecule has 0 fully saturated rings. The average molecular weight is 342 g/mol. The highest BCUT2D eigenvalue weighted by molar-refractivity contribution is 6.49. The molecule has 2 rings (SSSR count). The Kier molecular flexibility index (Phi) is 4.04. The number of halogens is 6. The molecule has 0 unspecified atom stereocenters. The van der Waals surface area contributed by atoms with E-state index in [-0.39, 0.29) is 32.0 Å². The Bertz CT molecular complexity index is 672. The van der Waals surface area contributed by atoms with E-state index in [1.54, 1.807) is 0 Å². The van der Waals surface area contributed by atoms with Gasteiger partial charge in [0.15, 0.2) is 0 Å². The highest BCUT2D eigenvalue weighted by atomic mass is 35.5. The Hall–Kier alpha value is -1.17. The molecule has 20 heavy (non-hydrogen) atoms. The number of nitrogens with two attached hydrogens (primary N) is 1. The van der Waals surface area contributed by atoms with E-state index < -0.39 is 11.9 Å². The van der Waals surface area contributed by atoms with E-state index >= 15 is 0 Å². The van der Waals surface area contributed by atoms with Crippen molar-refractivity contribution in [2.24, 2.45) is 0 Å². The Morgan fingerprint density at radius 3 is 2.20 bits per heavy atom. The first-order valence-corrected chi connectivity index (χ1v) is 6.33. The zero-order valence-corrected chi connectivity index (χ0v) is 11.9. The van der Waals surface area contributed by atoms with Crippen molar-refractivity contribution in [3.05, 3.63) is 45.0 Å². The van der Waals surface area contributed by atoms with Crippen LogP contribution in [-0.2, 0) is 6.18 Å². The van der Waals surface area contributed by atoms with Crippen LogP contribution in [0.1, 0.15) is 5.69 Å². The van der Waals surface area contributed by atoms with Crippen LogP contribution in [0.15, 0.2) is 24.3 Å². The van der Waals surface area contributed by atoms with Crippen LogP contribution in [0.4, 0.5) is 18.9 Å². The molecule has 2 nitrogen and oxygen atoms in total. The fraction of sp³-hybridized carbons (Fsp3) is 0.0833. The molecule has 0 atom stereocenters. The van der Waals surface area contributed by atoms with Gasteiger partial charge in [-0.3, -0.25) is 0 Å². The number of nitrogen functional groups attached to an aromatic ring is 1. The van der Waals surface area contributed by atoms with Crippen LogP contribution < -0.4 is 5.73 Å². The van der Waals surface area contributed by atoms with Crippen LogP contribution in [0.2, 0.25) is 15.1 Å². The minimum absolute atomic E-state index is 0.00214. The maximum Gasteiger partial charge on any atom is 0.433 e. The average Bonchev–Trinajstić information content (AvgIpc) is 2.36. The quantitative estimate of drug-likeness (QED) is 0.714. The van der Waals surface area contributed by atoms with E-state index in [2.05, 4.69) is 4.98 Å². The van der Waals surface area contributed by atoms with E-state index in [4.69, 9.17) is 40.5 Å². The molecule has 106 valence electrons. The Balaban J connectivity index is 2.67. The number of rotatable bonds is 1. The molecule has 2 N–H and O–H groups in total. The number of hydrogen-bond donors (Lipinski definition) is 1. The molecule has 2 aromatic rings. The molecule has 0 spiro atoms. The number of hydrogen-bond acceptors (Lipinski definition) is 2. The summed E-state index contributed by atoms with van der Waals surface area (Å²) >= 11 is 17.6. The van der Waals surface area contributed by atoms with Gasteiger partial charge in [0.2, 0.25) is 0 Å². The van der Waals surface area contributed by atoms with E-state index in [1.807, 2.05) is 0 Å². The summed E-state index contributed by atoms with van der Waals surface area (Å²) in [6.45, 7) is 0. The van der Waals surface area contributed by atoms with Crippen molar-refractivity contribution in [3.8, 4) is 11.3 Å². The molecule has 0 saturated carbocycles. The van der Waals surface area contributed by atoms with Crippen molar-refractivity contribution in [2.45, 2.75) is 6.18 Å². The zero-order chi connectivity index (χ0) is 15.1. The number of pyridine rings is 1. The summed E-state index contributed by atoms with van der Waals surface area (Å²) in [6, 6.07) is 4.73. The van der Waals surface area contributed by atoms with Gasteiger partial charge in [0, 0.05) is 5.56 Å². The lowest BCUT2D eigenvalue weighted by atomic mass is 10.1. The number of alkyl halides is 3. The minimum atomic E-state index is -4.58. The number of anilines is 1. The van der Waals surface area contributed by atoms with Gasteiger partial charge in [-0.2, -0.15) is 13.2 Å². The first-order chi connectivity index (χ1) is 9.21. The summed E-state index contributed by atoms with van der Waals surface area (Å²) in [5.41, 5.74) is 4.74. The molecule has 0 amide bonds. The van der Waals surface area contributed by atoms with Gasteiger partial charge in [0.1, 0.15) is 5.69 Å². The molecule has 1 heterocycles. The lowest BCUT2D eigenvalue weighted by molar-refractivity contribution is -0.141. The molecular weight excluding hydrogens is 335 g/mol. The van der Waals surface area contributed by atoms with Crippen molar-refractivity contribution in [2.75, 3.05) is 5.73 Å². The molecule has 8 heteroatoms. The SMILES string of the molecule is Nc1ccc(C(F)(F)F)nc1-c1ccc(Cl)c(Cl)c1Cl. The summed E-state index contributed by atoms with van der Waals surface area (Å²) in [5.74, 6) is 0. The van der Waals surface area contributed by atoms with Crippen LogP contribution in [-0.4, -0.2) is 4.98 Å². The fourth-order valence-corrected chi connectivity index (χ4v) is 2.18. The monoisotopic (exact) mass is 340 g/mol. The zero-order valence-electron chi connectivity index (χ0n) is 9.60. The predicted octanol–water partition coefficient (Wildman–Crippen LogP) is 5.31. The van der Waals surface area contributed by atoms with E-state index in [0.29, 0.717) is 0 Å². The van der Waals surface area contributed by atoms with E-state index in [0.717, 1.165) is 12.1 Å². The predicted molar refractivity (Wildman–Crippen MR) is 74.1 cm³/mol. The molecular formula is C12H6Cl3F3N2. The maximum atomic E-state index is 12.7. The van der Waals surface area contributed by atoms with E-state index in [9.17, 15) is 13.2 Å². The van der Waals surface area contributed by atoms with Crippen molar-refractivity contribution in [1.29, 1.82) is 0 Å². The molecule has 0 radical (unpaired) electrons. The standard InChI is InChI=1S/C12H6Cl3F3N2/c13-6-2-1-5(9(14)10(6)15)11-7(19)3-4-8(20-11)12(16,17)18/h1-4H,19H2. The number of benzene rings is 1. The van der Waals surface area contributed by atoms with Gasteiger partial charge < -0.3 is 5.73 Å². The molecule has 0 aliphatic carbocycles. The van der Waals surface area contributed by atoms with E-state index in [1.165, 1.54) is 12.1 Å². The van der Waals surface area contributed by atoms with Crippen molar-refractivity contribution >= 4 is 40.5 Å². The third-order valence-electron chi connectivity index (χ3n) is 2.51. The smallest absolute Gasteiger partial charge is 0.397 e. The third kappa shape index (κ3) is 2.80. The minimum Gasteiger partial charge on any atom is -0.397 e. The highest BCUT2D eigenvalue weighted by Crippen LogP contribution is 2.40. The van der Waals surface area contributed by atoms with Crippen molar-refractivity contribution < 1.29 is 13.2 Å². The third-order valence-corrected chi connectivity index (χ3v) is 3.80. The summed E-state index contributed by atoms with van der Waals surface area (Å²) in [4.78, 5) is 3.51. The summed E-state index contributed by atoms with van der Waals surface area (Å²) in [7, 11) is 0. The summed E-state index contributed by atoms with van der Waals surface area (Å²) < 4.78 is 38.0. The normalized spacial score (nSPS) is 11.7. The van der Waals surface area contributed by atoms with Gasteiger partial charge in [-0.15, -0.1) is 0 Å². The molecule has 0 aliphatic rings. The fourth-order valence-electron chi connectivity index (χ4n) is 1.55. The van der Waals surface area contributed by atoms with Gasteiger partial charge in [-0.25, -0.2) is 4.98 Å². The molecule has 0 saturated heterocycles. The Labute approximate surface area is 127 Å². The number of nitrogens with zero attached hydrogens (tertiary/aromatic N) is 1. The summed E-state index contributed by atoms with van der Waals surface area (Å²) in [6.07, 6.45) is -4.58. The Morgan fingerprint density at radius 2 is 1.60 bits per heavy atom.